The SMILES string of the molecule is CC1COCCN1C(=O)Cc1c[nH]c2ccc(Cl)cc12. The highest BCUT2D eigenvalue weighted by Gasteiger charge is 2.24. The summed E-state index contributed by atoms with van der Waals surface area (Å²) in [5.41, 5.74) is 2.00. The second-order valence-electron chi connectivity index (χ2n) is 5.19. The van der Waals surface area contributed by atoms with E-state index in [4.69, 9.17) is 16.3 Å². The van der Waals surface area contributed by atoms with Crippen LogP contribution in [0.2, 0.25) is 5.02 Å². The fraction of sp³-hybridized carbons (Fsp3) is 0.400. The third kappa shape index (κ3) is 2.53. The number of H-pyrrole nitrogens is 1. The van der Waals surface area contributed by atoms with Crippen LogP contribution in [0.15, 0.2) is 24.4 Å². The number of carbonyl (C=O) groups excluding carboxylic acids is 1. The number of ether oxygens (including phenoxy) is 1. The van der Waals surface area contributed by atoms with Crippen LogP contribution in [0.5, 0.6) is 0 Å². The minimum absolute atomic E-state index is 0.140. The fourth-order valence-electron chi connectivity index (χ4n) is 2.66. The van der Waals surface area contributed by atoms with Gasteiger partial charge in [-0.05, 0) is 30.7 Å². The first-order chi connectivity index (χ1) is 9.65. The zero-order valence-corrected chi connectivity index (χ0v) is 12.1. The van der Waals surface area contributed by atoms with Crippen molar-refractivity contribution >= 4 is 28.4 Å². The summed E-state index contributed by atoms with van der Waals surface area (Å²) in [4.78, 5) is 17.5. The van der Waals surface area contributed by atoms with Crippen molar-refractivity contribution in [2.24, 2.45) is 0 Å². The van der Waals surface area contributed by atoms with Crippen molar-refractivity contribution in [1.82, 2.24) is 9.88 Å². The Morgan fingerprint density at radius 1 is 1.55 bits per heavy atom. The summed E-state index contributed by atoms with van der Waals surface area (Å²) in [5, 5.41) is 1.71. The van der Waals surface area contributed by atoms with E-state index in [2.05, 4.69) is 4.98 Å². The third-order valence-electron chi connectivity index (χ3n) is 3.76. The molecular formula is C15H17ClN2O2. The van der Waals surface area contributed by atoms with Gasteiger partial charge in [-0.15, -0.1) is 0 Å². The van der Waals surface area contributed by atoms with E-state index >= 15 is 0 Å². The highest BCUT2D eigenvalue weighted by Crippen LogP contribution is 2.23. The Hall–Kier alpha value is -1.52. The maximum atomic E-state index is 12.4. The largest absolute Gasteiger partial charge is 0.377 e. The Balaban J connectivity index is 1.82. The van der Waals surface area contributed by atoms with Gasteiger partial charge < -0.3 is 14.6 Å². The Kier molecular flexibility index (Phi) is 3.68. The van der Waals surface area contributed by atoms with Gasteiger partial charge in [-0.25, -0.2) is 0 Å². The van der Waals surface area contributed by atoms with Gasteiger partial charge in [0.15, 0.2) is 0 Å². The monoisotopic (exact) mass is 292 g/mol. The third-order valence-corrected chi connectivity index (χ3v) is 3.99. The highest BCUT2D eigenvalue weighted by molar-refractivity contribution is 6.31. The van der Waals surface area contributed by atoms with Crippen LogP contribution in [0.25, 0.3) is 10.9 Å². The van der Waals surface area contributed by atoms with E-state index in [9.17, 15) is 4.79 Å². The van der Waals surface area contributed by atoms with Crippen molar-refractivity contribution in [3.63, 3.8) is 0 Å². The molecule has 20 heavy (non-hydrogen) atoms. The summed E-state index contributed by atoms with van der Waals surface area (Å²) >= 11 is 6.03. The Bertz CT molecular complexity index is 638. The van der Waals surface area contributed by atoms with Gasteiger partial charge in [-0.1, -0.05) is 11.6 Å². The topological polar surface area (TPSA) is 45.3 Å². The lowest BCUT2D eigenvalue weighted by molar-refractivity contribution is -0.138. The number of amides is 1. The molecule has 0 bridgehead atoms. The zero-order chi connectivity index (χ0) is 14.1. The van der Waals surface area contributed by atoms with E-state index in [0.29, 0.717) is 31.2 Å². The molecular weight excluding hydrogens is 276 g/mol. The number of nitrogens with one attached hydrogen (secondary N) is 1. The molecule has 1 saturated heterocycles. The molecule has 5 heteroatoms. The quantitative estimate of drug-likeness (QED) is 0.925. The van der Waals surface area contributed by atoms with E-state index in [1.54, 1.807) is 0 Å². The van der Waals surface area contributed by atoms with Crippen molar-refractivity contribution in [2.45, 2.75) is 19.4 Å². The second kappa shape index (κ2) is 5.46. The van der Waals surface area contributed by atoms with Gasteiger partial charge in [-0.3, -0.25) is 4.79 Å². The van der Waals surface area contributed by atoms with Crippen LogP contribution in [-0.2, 0) is 16.0 Å². The van der Waals surface area contributed by atoms with Crippen LogP contribution in [-0.4, -0.2) is 41.6 Å². The molecule has 2 heterocycles. The fourth-order valence-corrected chi connectivity index (χ4v) is 2.83. The minimum Gasteiger partial charge on any atom is -0.377 e. The van der Waals surface area contributed by atoms with Crippen LogP contribution in [0, 0.1) is 0 Å². The molecule has 0 aliphatic carbocycles. The second-order valence-corrected chi connectivity index (χ2v) is 5.63. The normalized spacial score (nSPS) is 19.5. The number of halogens is 1. The number of benzene rings is 1. The summed E-state index contributed by atoms with van der Waals surface area (Å²) in [7, 11) is 0. The van der Waals surface area contributed by atoms with Gasteiger partial charge in [0.2, 0.25) is 5.91 Å². The molecule has 1 N–H and O–H groups in total. The van der Waals surface area contributed by atoms with Crippen molar-refractivity contribution in [2.75, 3.05) is 19.8 Å². The van der Waals surface area contributed by atoms with Gasteiger partial charge in [0.05, 0.1) is 25.7 Å². The standard InChI is InChI=1S/C15H17ClN2O2/c1-10-9-20-5-4-18(10)15(19)6-11-8-17-14-3-2-12(16)7-13(11)14/h2-3,7-8,10,17H,4-6,9H2,1H3. The molecule has 1 atom stereocenters. The minimum atomic E-state index is 0.140. The lowest BCUT2D eigenvalue weighted by Crippen LogP contribution is -2.47. The van der Waals surface area contributed by atoms with Crippen LogP contribution in [0.4, 0.5) is 0 Å². The molecule has 0 spiro atoms. The Labute approximate surface area is 122 Å². The molecule has 4 nitrogen and oxygen atoms in total. The zero-order valence-electron chi connectivity index (χ0n) is 11.4. The molecule has 1 amide bonds. The Morgan fingerprint density at radius 3 is 3.20 bits per heavy atom. The number of rotatable bonds is 2. The molecule has 106 valence electrons. The van der Waals surface area contributed by atoms with Crippen molar-refractivity contribution < 1.29 is 9.53 Å². The molecule has 1 aromatic heterocycles. The van der Waals surface area contributed by atoms with E-state index in [0.717, 1.165) is 16.5 Å². The van der Waals surface area contributed by atoms with E-state index in [1.165, 1.54) is 0 Å². The van der Waals surface area contributed by atoms with Gasteiger partial charge in [0.25, 0.3) is 0 Å². The molecule has 0 radical (unpaired) electrons. The van der Waals surface area contributed by atoms with Gasteiger partial charge in [0.1, 0.15) is 0 Å². The summed E-state index contributed by atoms with van der Waals surface area (Å²) in [5.74, 6) is 0.140. The van der Waals surface area contributed by atoms with Crippen LogP contribution < -0.4 is 0 Å². The first-order valence-electron chi connectivity index (χ1n) is 6.78. The smallest absolute Gasteiger partial charge is 0.227 e. The van der Waals surface area contributed by atoms with Crippen molar-refractivity contribution in [1.29, 1.82) is 0 Å². The van der Waals surface area contributed by atoms with Crippen molar-refractivity contribution in [3.05, 3.63) is 35.0 Å². The lowest BCUT2D eigenvalue weighted by Gasteiger charge is -2.33. The number of fused-ring (bicyclic) bond motifs is 1. The Morgan fingerprint density at radius 2 is 2.40 bits per heavy atom. The van der Waals surface area contributed by atoms with E-state index in [-0.39, 0.29) is 11.9 Å². The number of aromatic amines is 1. The maximum Gasteiger partial charge on any atom is 0.227 e. The van der Waals surface area contributed by atoms with Crippen molar-refractivity contribution in [3.8, 4) is 0 Å². The molecule has 1 aromatic carbocycles. The number of carbonyl (C=O) groups is 1. The van der Waals surface area contributed by atoms with Gasteiger partial charge >= 0.3 is 0 Å². The number of hydrogen-bond acceptors (Lipinski definition) is 2. The van der Waals surface area contributed by atoms with Gasteiger partial charge in [0, 0.05) is 28.7 Å². The number of morpholine rings is 1. The predicted octanol–water partition coefficient (Wildman–Crippen LogP) is 2.61. The van der Waals surface area contributed by atoms with E-state index < -0.39 is 0 Å². The number of aromatic nitrogens is 1. The molecule has 1 aliphatic heterocycles. The summed E-state index contributed by atoms with van der Waals surface area (Å²) in [6.07, 6.45) is 2.29. The molecule has 0 saturated carbocycles. The number of nitrogens with zero attached hydrogens (tertiary/aromatic N) is 1. The molecule has 1 fully saturated rings. The lowest BCUT2D eigenvalue weighted by atomic mass is 10.1. The first-order valence-corrected chi connectivity index (χ1v) is 7.15. The molecule has 1 unspecified atom stereocenters. The van der Waals surface area contributed by atoms with E-state index in [1.807, 2.05) is 36.2 Å². The summed E-state index contributed by atoms with van der Waals surface area (Å²) in [6, 6.07) is 5.82. The average molecular weight is 293 g/mol. The average Bonchev–Trinajstić information content (AvgIpc) is 2.82. The molecule has 3 rings (SSSR count). The number of hydrogen-bond donors (Lipinski definition) is 1. The molecule has 1 aliphatic rings. The van der Waals surface area contributed by atoms with Crippen LogP contribution in [0.1, 0.15) is 12.5 Å². The predicted molar refractivity (Wildman–Crippen MR) is 79.0 cm³/mol. The maximum absolute atomic E-state index is 12.4. The molecule has 2 aromatic rings. The highest BCUT2D eigenvalue weighted by atomic mass is 35.5. The summed E-state index contributed by atoms with van der Waals surface area (Å²) in [6.45, 7) is 3.92. The van der Waals surface area contributed by atoms with Crippen LogP contribution in [0.3, 0.4) is 0 Å². The van der Waals surface area contributed by atoms with Gasteiger partial charge in [-0.2, -0.15) is 0 Å². The first kappa shape index (κ1) is 13.5. The van der Waals surface area contributed by atoms with Crippen LogP contribution >= 0.6 is 11.6 Å². The summed E-state index contributed by atoms with van der Waals surface area (Å²) < 4.78 is 5.37.